The van der Waals surface area contributed by atoms with Gasteiger partial charge in [-0.3, -0.25) is 14.6 Å². The lowest BCUT2D eigenvalue weighted by Gasteiger charge is -2.44. The molecule has 1 fully saturated rings. The van der Waals surface area contributed by atoms with Gasteiger partial charge in [0.05, 0.1) is 5.56 Å². The minimum atomic E-state index is -0.890. The number of hydrogen-bond acceptors (Lipinski definition) is 4. The summed E-state index contributed by atoms with van der Waals surface area (Å²) >= 11 is 0. The van der Waals surface area contributed by atoms with Gasteiger partial charge in [0.1, 0.15) is 6.29 Å². The highest BCUT2D eigenvalue weighted by atomic mass is 16.4. The maximum absolute atomic E-state index is 11.0. The molecule has 0 spiro atoms. The molecule has 3 rings (SSSR count). The first-order chi connectivity index (χ1) is 13.0. The van der Waals surface area contributed by atoms with Gasteiger partial charge in [0, 0.05) is 43.8 Å². The first-order valence-corrected chi connectivity index (χ1v) is 9.30. The van der Waals surface area contributed by atoms with E-state index in [9.17, 15) is 9.59 Å². The quantitative estimate of drug-likeness (QED) is 0.795. The van der Waals surface area contributed by atoms with Crippen LogP contribution in [0.4, 0.5) is 0 Å². The van der Waals surface area contributed by atoms with Gasteiger partial charge in [-0.05, 0) is 37.1 Å². The number of carbonyl (C=O) groups is 2. The second kappa shape index (κ2) is 8.46. The molecule has 1 N–H and O–H groups in total. The lowest BCUT2D eigenvalue weighted by atomic mass is 10.0. The fraction of sp³-hybridized carbons (Fsp3) is 0.364. The lowest BCUT2D eigenvalue weighted by Crippen LogP contribution is -2.55. The fourth-order valence-electron chi connectivity index (χ4n) is 3.83. The van der Waals surface area contributed by atoms with Crippen LogP contribution < -0.4 is 0 Å². The molecule has 1 aliphatic rings. The van der Waals surface area contributed by atoms with Gasteiger partial charge in [0.15, 0.2) is 0 Å². The Morgan fingerprint density at radius 1 is 0.963 bits per heavy atom. The highest BCUT2D eigenvalue weighted by molar-refractivity contribution is 5.87. The normalized spacial score (nSPS) is 21.1. The van der Waals surface area contributed by atoms with Gasteiger partial charge in [0.25, 0.3) is 0 Å². The van der Waals surface area contributed by atoms with E-state index in [2.05, 4.69) is 23.6 Å². The molecular formula is C22H26N2O3. The summed E-state index contributed by atoms with van der Waals surface area (Å²) in [7, 11) is 0. The largest absolute Gasteiger partial charge is 0.478 e. The van der Waals surface area contributed by atoms with Crippen LogP contribution in [0.15, 0.2) is 48.5 Å². The zero-order chi connectivity index (χ0) is 19.4. The number of hydrogen-bond donors (Lipinski definition) is 1. The third-order valence-electron chi connectivity index (χ3n) is 5.27. The van der Waals surface area contributed by atoms with Crippen LogP contribution in [0, 0.1) is 0 Å². The van der Waals surface area contributed by atoms with E-state index in [-0.39, 0.29) is 0 Å². The predicted octanol–water partition coefficient (Wildman–Crippen LogP) is 3.29. The Bertz CT molecular complexity index is 774. The van der Waals surface area contributed by atoms with E-state index >= 15 is 0 Å². The van der Waals surface area contributed by atoms with Gasteiger partial charge in [-0.1, -0.05) is 36.4 Å². The Hall–Kier alpha value is -2.50. The molecule has 0 bridgehead atoms. The summed E-state index contributed by atoms with van der Waals surface area (Å²) in [5.74, 6) is -0.890. The zero-order valence-electron chi connectivity index (χ0n) is 15.8. The Balaban J connectivity index is 1.60. The molecule has 142 valence electrons. The van der Waals surface area contributed by atoms with Gasteiger partial charge >= 0.3 is 5.97 Å². The maximum atomic E-state index is 11.0. The monoisotopic (exact) mass is 366 g/mol. The van der Waals surface area contributed by atoms with E-state index in [4.69, 9.17) is 5.11 Å². The molecule has 0 aromatic heterocycles. The van der Waals surface area contributed by atoms with Crippen LogP contribution in [-0.4, -0.2) is 52.3 Å². The number of aromatic carboxylic acids is 1. The van der Waals surface area contributed by atoms with Crippen molar-refractivity contribution in [3.8, 4) is 0 Å². The topological polar surface area (TPSA) is 60.9 Å². The van der Waals surface area contributed by atoms with Gasteiger partial charge in [-0.25, -0.2) is 4.79 Å². The van der Waals surface area contributed by atoms with Crippen LogP contribution in [0.5, 0.6) is 0 Å². The van der Waals surface area contributed by atoms with E-state index < -0.39 is 5.97 Å². The number of piperazine rings is 1. The van der Waals surface area contributed by atoms with Crippen LogP contribution in [0.2, 0.25) is 0 Å². The summed E-state index contributed by atoms with van der Waals surface area (Å²) < 4.78 is 0. The molecule has 5 nitrogen and oxygen atoms in total. The summed E-state index contributed by atoms with van der Waals surface area (Å²) in [4.78, 5) is 26.7. The van der Waals surface area contributed by atoms with Crippen molar-refractivity contribution in [1.29, 1.82) is 0 Å². The molecule has 2 aromatic carbocycles. The van der Waals surface area contributed by atoms with E-state index in [1.54, 1.807) is 12.1 Å². The first-order valence-electron chi connectivity index (χ1n) is 9.30. The third-order valence-corrected chi connectivity index (χ3v) is 5.27. The average molecular weight is 366 g/mol. The Morgan fingerprint density at radius 3 is 2.00 bits per heavy atom. The van der Waals surface area contributed by atoms with E-state index in [1.807, 2.05) is 36.4 Å². The standard InChI is InChI=1S/C22H26N2O3/c1-16-11-23(13-18-7-9-21(10-8-18)22(26)27)12-17(2)24(16)14-19-3-5-20(15-25)6-4-19/h3-10,15-17H,11-14H2,1-2H3,(H,26,27)/t16-,17+. The fourth-order valence-corrected chi connectivity index (χ4v) is 3.83. The summed E-state index contributed by atoms with van der Waals surface area (Å²) in [5.41, 5.74) is 3.39. The van der Waals surface area contributed by atoms with Crippen LogP contribution in [0.25, 0.3) is 0 Å². The van der Waals surface area contributed by atoms with Crippen molar-refractivity contribution in [3.05, 3.63) is 70.8 Å². The molecule has 0 aliphatic carbocycles. The molecule has 2 aromatic rings. The van der Waals surface area contributed by atoms with Crippen molar-refractivity contribution in [3.63, 3.8) is 0 Å². The van der Waals surface area contributed by atoms with Crippen LogP contribution >= 0.6 is 0 Å². The predicted molar refractivity (Wildman–Crippen MR) is 105 cm³/mol. The van der Waals surface area contributed by atoms with Crippen LogP contribution in [0.1, 0.15) is 45.7 Å². The van der Waals surface area contributed by atoms with Crippen molar-refractivity contribution in [1.82, 2.24) is 9.80 Å². The molecule has 5 heteroatoms. The minimum absolute atomic E-state index is 0.325. The Kier molecular flexibility index (Phi) is 6.04. The number of benzene rings is 2. The number of nitrogens with zero attached hydrogens (tertiary/aromatic N) is 2. The smallest absolute Gasteiger partial charge is 0.335 e. The summed E-state index contributed by atoms with van der Waals surface area (Å²) in [5, 5.41) is 9.01. The number of rotatable bonds is 6. The summed E-state index contributed by atoms with van der Waals surface area (Å²) in [6, 6.07) is 15.8. The van der Waals surface area contributed by atoms with E-state index in [0.717, 1.165) is 38.0 Å². The highest BCUT2D eigenvalue weighted by Gasteiger charge is 2.29. The zero-order valence-corrected chi connectivity index (χ0v) is 15.8. The molecular weight excluding hydrogens is 340 g/mol. The van der Waals surface area contributed by atoms with E-state index in [0.29, 0.717) is 23.2 Å². The molecule has 1 saturated heterocycles. The first kappa shape index (κ1) is 19.3. The molecule has 0 amide bonds. The second-order valence-electron chi connectivity index (χ2n) is 7.43. The van der Waals surface area contributed by atoms with Crippen molar-refractivity contribution in [2.24, 2.45) is 0 Å². The van der Waals surface area contributed by atoms with Crippen molar-refractivity contribution < 1.29 is 14.7 Å². The van der Waals surface area contributed by atoms with Crippen molar-refractivity contribution in [2.45, 2.75) is 39.0 Å². The number of carboxylic acid groups (broad SMARTS) is 1. The molecule has 2 atom stereocenters. The SMILES string of the molecule is C[C@@H]1CN(Cc2ccc(C(=O)O)cc2)C[C@H](C)N1Cc1ccc(C=O)cc1. The number of carbonyl (C=O) groups excluding carboxylic acids is 1. The average Bonchev–Trinajstić information content (AvgIpc) is 2.65. The maximum Gasteiger partial charge on any atom is 0.335 e. The van der Waals surface area contributed by atoms with Crippen LogP contribution in [-0.2, 0) is 13.1 Å². The van der Waals surface area contributed by atoms with Crippen molar-refractivity contribution in [2.75, 3.05) is 13.1 Å². The third kappa shape index (κ3) is 4.81. The van der Waals surface area contributed by atoms with Gasteiger partial charge in [-0.2, -0.15) is 0 Å². The number of carboxylic acids is 1. The Labute approximate surface area is 160 Å². The highest BCUT2D eigenvalue weighted by Crippen LogP contribution is 2.21. The molecule has 1 aliphatic heterocycles. The lowest BCUT2D eigenvalue weighted by molar-refractivity contribution is 0.0290. The van der Waals surface area contributed by atoms with Gasteiger partial charge in [0.2, 0.25) is 0 Å². The van der Waals surface area contributed by atoms with Crippen molar-refractivity contribution >= 4 is 12.3 Å². The van der Waals surface area contributed by atoms with Crippen LogP contribution in [0.3, 0.4) is 0 Å². The molecule has 27 heavy (non-hydrogen) atoms. The minimum Gasteiger partial charge on any atom is -0.478 e. The molecule has 1 heterocycles. The summed E-state index contributed by atoms with van der Waals surface area (Å²) in [6.07, 6.45) is 0.872. The Morgan fingerprint density at radius 2 is 1.48 bits per heavy atom. The van der Waals surface area contributed by atoms with Gasteiger partial charge < -0.3 is 5.11 Å². The van der Waals surface area contributed by atoms with E-state index in [1.165, 1.54) is 5.56 Å². The molecule has 0 radical (unpaired) electrons. The molecule has 0 unspecified atom stereocenters. The summed E-state index contributed by atoms with van der Waals surface area (Å²) in [6.45, 7) is 8.14. The second-order valence-corrected chi connectivity index (χ2v) is 7.43. The molecule has 0 saturated carbocycles. The number of aldehydes is 1. The van der Waals surface area contributed by atoms with Gasteiger partial charge in [-0.15, -0.1) is 0 Å².